The van der Waals surface area contributed by atoms with Crippen molar-refractivity contribution in [2.75, 3.05) is 12.1 Å². The number of amides is 1. The molecule has 1 amide bonds. The predicted molar refractivity (Wildman–Crippen MR) is 90.8 cm³/mol. The first-order chi connectivity index (χ1) is 11.1. The van der Waals surface area contributed by atoms with Crippen molar-refractivity contribution in [1.29, 1.82) is 0 Å². The normalized spacial score (nSPS) is 12.8. The molecule has 0 aromatic heterocycles. The molecule has 23 heavy (non-hydrogen) atoms. The summed E-state index contributed by atoms with van der Waals surface area (Å²) < 4.78 is 10.6. The van der Waals surface area contributed by atoms with Crippen LogP contribution in [0.3, 0.4) is 0 Å². The first kappa shape index (κ1) is 15.2. The molecular weight excluding hydrogens is 290 g/mol. The smallest absolute Gasteiger partial charge is 0.248 e. The number of ether oxygens (including phenoxy) is 2. The molecule has 2 aromatic rings. The van der Waals surface area contributed by atoms with Crippen molar-refractivity contribution < 1.29 is 14.3 Å². The number of hydrogen-bond acceptors (Lipinski definition) is 3. The van der Waals surface area contributed by atoms with E-state index >= 15 is 0 Å². The van der Waals surface area contributed by atoms with E-state index in [4.69, 9.17) is 9.47 Å². The Morgan fingerprint density at radius 2 is 1.91 bits per heavy atom. The van der Waals surface area contributed by atoms with E-state index in [9.17, 15) is 4.79 Å². The van der Waals surface area contributed by atoms with Gasteiger partial charge in [-0.2, -0.15) is 0 Å². The summed E-state index contributed by atoms with van der Waals surface area (Å²) in [5, 5.41) is 2.93. The third-order valence-electron chi connectivity index (χ3n) is 3.66. The van der Waals surface area contributed by atoms with Gasteiger partial charge in [0.2, 0.25) is 12.7 Å². The minimum absolute atomic E-state index is 0.157. The maximum atomic E-state index is 12.1. The van der Waals surface area contributed by atoms with Crippen LogP contribution in [0, 0.1) is 0 Å². The molecule has 0 atom stereocenters. The minimum atomic E-state index is -0.157. The van der Waals surface area contributed by atoms with E-state index in [0.29, 0.717) is 11.7 Å². The number of para-hydroxylation sites is 1. The lowest BCUT2D eigenvalue weighted by molar-refractivity contribution is -0.111. The molecule has 1 N–H and O–H groups in total. The minimum Gasteiger partial charge on any atom is -0.454 e. The molecule has 0 radical (unpaired) electrons. The molecule has 0 spiro atoms. The van der Waals surface area contributed by atoms with Crippen LogP contribution >= 0.6 is 0 Å². The Bertz CT molecular complexity index is 750. The number of rotatable bonds is 4. The van der Waals surface area contributed by atoms with Crippen molar-refractivity contribution in [3.8, 4) is 11.5 Å². The van der Waals surface area contributed by atoms with E-state index in [-0.39, 0.29) is 12.7 Å². The molecule has 3 rings (SSSR count). The van der Waals surface area contributed by atoms with Crippen LogP contribution < -0.4 is 14.8 Å². The van der Waals surface area contributed by atoms with E-state index in [1.54, 1.807) is 6.08 Å². The molecule has 0 aliphatic carbocycles. The number of carbonyl (C=O) groups excluding carboxylic acids is 1. The summed E-state index contributed by atoms with van der Waals surface area (Å²) in [5.41, 5.74) is 2.86. The second kappa shape index (κ2) is 6.57. The summed E-state index contributed by atoms with van der Waals surface area (Å²) in [5.74, 6) is 1.63. The first-order valence-electron chi connectivity index (χ1n) is 7.61. The van der Waals surface area contributed by atoms with Crippen LogP contribution in [-0.2, 0) is 4.79 Å². The van der Waals surface area contributed by atoms with Gasteiger partial charge in [-0.25, -0.2) is 0 Å². The average Bonchev–Trinajstić information content (AvgIpc) is 3.01. The van der Waals surface area contributed by atoms with E-state index in [0.717, 1.165) is 22.6 Å². The molecular formula is C19H19NO3. The Morgan fingerprint density at radius 1 is 1.13 bits per heavy atom. The fraction of sp³-hybridized carbons (Fsp3) is 0.211. The quantitative estimate of drug-likeness (QED) is 0.861. The third-order valence-corrected chi connectivity index (χ3v) is 3.66. The highest BCUT2D eigenvalue weighted by Crippen LogP contribution is 2.32. The van der Waals surface area contributed by atoms with Crippen molar-refractivity contribution in [2.45, 2.75) is 19.8 Å². The fourth-order valence-corrected chi connectivity index (χ4v) is 2.48. The summed E-state index contributed by atoms with van der Waals surface area (Å²) in [7, 11) is 0. The summed E-state index contributed by atoms with van der Waals surface area (Å²) in [6.07, 6.45) is 3.28. The van der Waals surface area contributed by atoms with Crippen LogP contribution in [0.4, 0.5) is 5.69 Å². The molecule has 0 saturated carbocycles. The van der Waals surface area contributed by atoms with Gasteiger partial charge in [0.25, 0.3) is 0 Å². The highest BCUT2D eigenvalue weighted by atomic mass is 16.7. The Hall–Kier alpha value is -2.75. The van der Waals surface area contributed by atoms with E-state index in [1.165, 1.54) is 6.08 Å². The van der Waals surface area contributed by atoms with Crippen molar-refractivity contribution in [3.05, 3.63) is 59.7 Å². The molecule has 0 saturated heterocycles. The Kier molecular flexibility index (Phi) is 4.33. The lowest BCUT2D eigenvalue weighted by Gasteiger charge is -2.12. The summed E-state index contributed by atoms with van der Waals surface area (Å²) in [4.78, 5) is 12.1. The summed E-state index contributed by atoms with van der Waals surface area (Å²) in [6, 6.07) is 13.4. The zero-order chi connectivity index (χ0) is 16.2. The van der Waals surface area contributed by atoms with Gasteiger partial charge in [-0.05, 0) is 41.3 Å². The number of benzene rings is 2. The van der Waals surface area contributed by atoms with Gasteiger partial charge in [0, 0.05) is 11.8 Å². The molecule has 118 valence electrons. The topological polar surface area (TPSA) is 47.6 Å². The molecule has 0 unspecified atom stereocenters. The van der Waals surface area contributed by atoms with Crippen LogP contribution in [0.15, 0.2) is 48.5 Å². The summed E-state index contributed by atoms with van der Waals surface area (Å²) >= 11 is 0. The molecule has 0 fully saturated rings. The van der Waals surface area contributed by atoms with Gasteiger partial charge in [0.15, 0.2) is 11.5 Å². The van der Waals surface area contributed by atoms with E-state index in [1.807, 2.05) is 42.5 Å². The van der Waals surface area contributed by atoms with Gasteiger partial charge in [0.1, 0.15) is 0 Å². The average molecular weight is 309 g/mol. The summed E-state index contributed by atoms with van der Waals surface area (Å²) in [6.45, 7) is 4.45. The van der Waals surface area contributed by atoms with E-state index in [2.05, 4.69) is 19.2 Å². The van der Waals surface area contributed by atoms with Gasteiger partial charge in [-0.15, -0.1) is 0 Å². The molecule has 4 nitrogen and oxygen atoms in total. The van der Waals surface area contributed by atoms with Crippen LogP contribution in [0.2, 0.25) is 0 Å². The monoisotopic (exact) mass is 309 g/mol. The number of anilines is 1. The third kappa shape index (κ3) is 3.54. The van der Waals surface area contributed by atoms with Crippen LogP contribution in [0.25, 0.3) is 6.08 Å². The molecule has 4 heteroatoms. The maximum Gasteiger partial charge on any atom is 0.248 e. The van der Waals surface area contributed by atoms with Gasteiger partial charge < -0.3 is 14.8 Å². The van der Waals surface area contributed by atoms with Crippen molar-refractivity contribution in [1.82, 2.24) is 0 Å². The Morgan fingerprint density at radius 3 is 2.74 bits per heavy atom. The van der Waals surface area contributed by atoms with Crippen molar-refractivity contribution >= 4 is 17.7 Å². The van der Waals surface area contributed by atoms with Gasteiger partial charge in [-0.1, -0.05) is 38.1 Å². The number of hydrogen-bond donors (Lipinski definition) is 1. The van der Waals surface area contributed by atoms with Gasteiger partial charge in [0.05, 0.1) is 0 Å². The lowest BCUT2D eigenvalue weighted by atomic mass is 10.0. The number of nitrogens with one attached hydrogen (secondary N) is 1. The molecule has 1 aliphatic heterocycles. The Balaban J connectivity index is 1.70. The zero-order valence-corrected chi connectivity index (χ0v) is 13.2. The molecule has 1 heterocycles. The first-order valence-corrected chi connectivity index (χ1v) is 7.61. The molecule has 2 aromatic carbocycles. The highest BCUT2D eigenvalue weighted by molar-refractivity contribution is 6.02. The van der Waals surface area contributed by atoms with Crippen molar-refractivity contribution in [2.24, 2.45) is 0 Å². The van der Waals surface area contributed by atoms with E-state index < -0.39 is 0 Å². The zero-order valence-electron chi connectivity index (χ0n) is 13.2. The van der Waals surface area contributed by atoms with Gasteiger partial charge >= 0.3 is 0 Å². The number of carbonyl (C=O) groups is 1. The Labute approximate surface area is 135 Å². The largest absolute Gasteiger partial charge is 0.454 e. The molecule has 0 bridgehead atoms. The SMILES string of the molecule is CC(C)c1ccccc1NC(=O)C=Cc1ccc2c(c1)OCO2. The fourth-order valence-electron chi connectivity index (χ4n) is 2.48. The maximum absolute atomic E-state index is 12.1. The second-order valence-electron chi connectivity index (χ2n) is 5.68. The predicted octanol–water partition coefficient (Wildman–Crippen LogP) is 4.19. The van der Waals surface area contributed by atoms with Crippen LogP contribution in [-0.4, -0.2) is 12.7 Å². The molecule has 1 aliphatic rings. The number of fused-ring (bicyclic) bond motifs is 1. The van der Waals surface area contributed by atoms with Crippen LogP contribution in [0.1, 0.15) is 30.9 Å². The highest BCUT2D eigenvalue weighted by Gasteiger charge is 2.12. The van der Waals surface area contributed by atoms with Crippen LogP contribution in [0.5, 0.6) is 11.5 Å². The standard InChI is InChI=1S/C19H19NO3/c1-13(2)15-5-3-4-6-16(15)20-19(21)10-8-14-7-9-17-18(11-14)23-12-22-17/h3-11,13H,12H2,1-2H3,(H,20,21). The van der Waals surface area contributed by atoms with Crippen molar-refractivity contribution in [3.63, 3.8) is 0 Å². The second-order valence-corrected chi connectivity index (χ2v) is 5.68. The van der Waals surface area contributed by atoms with Gasteiger partial charge in [-0.3, -0.25) is 4.79 Å². The lowest BCUT2D eigenvalue weighted by Crippen LogP contribution is -2.10.